The Labute approximate surface area is 220 Å². The third-order valence-electron chi connectivity index (χ3n) is 6.34. The fourth-order valence-electron chi connectivity index (χ4n) is 4.32. The molecule has 2 unspecified atom stereocenters. The van der Waals surface area contributed by atoms with Crippen LogP contribution >= 0.6 is 0 Å². The fourth-order valence-corrected chi connectivity index (χ4v) is 4.32. The van der Waals surface area contributed by atoms with Gasteiger partial charge in [-0.15, -0.1) is 0 Å². The number of alkyl halides is 3. The van der Waals surface area contributed by atoms with Gasteiger partial charge in [0.05, 0.1) is 25.2 Å². The van der Waals surface area contributed by atoms with Crippen molar-refractivity contribution in [1.29, 1.82) is 0 Å². The third kappa shape index (κ3) is 7.25. The molecule has 0 radical (unpaired) electrons. The molecular weight excluding hydrogens is 499 g/mol. The first-order valence-corrected chi connectivity index (χ1v) is 12.3. The van der Waals surface area contributed by atoms with E-state index in [2.05, 4.69) is 0 Å². The van der Waals surface area contributed by atoms with E-state index in [1.807, 2.05) is 12.1 Å². The number of nitrogens with zero attached hydrogens (tertiary/aromatic N) is 1. The number of methoxy groups -OCH3 is 2. The zero-order valence-electron chi connectivity index (χ0n) is 21.9. The van der Waals surface area contributed by atoms with Crippen LogP contribution in [0.4, 0.5) is 13.2 Å². The number of likely N-dealkylation sites (N-methyl/N-ethyl adjacent to an activating group) is 1. The summed E-state index contributed by atoms with van der Waals surface area (Å²) in [5.74, 6) is -0.262. The van der Waals surface area contributed by atoms with Crippen LogP contribution in [0.15, 0.2) is 66.3 Å². The van der Waals surface area contributed by atoms with E-state index in [-0.39, 0.29) is 25.4 Å². The largest absolute Gasteiger partial charge is 0.481 e. The van der Waals surface area contributed by atoms with E-state index >= 15 is 0 Å². The highest BCUT2D eigenvalue weighted by Crippen LogP contribution is 2.36. The molecule has 2 atom stereocenters. The summed E-state index contributed by atoms with van der Waals surface area (Å²) in [5, 5.41) is 0. The summed E-state index contributed by atoms with van der Waals surface area (Å²) in [5.41, 5.74) is 1.33. The van der Waals surface area contributed by atoms with Gasteiger partial charge < -0.3 is 19.1 Å². The van der Waals surface area contributed by atoms with Crippen molar-refractivity contribution in [1.82, 2.24) is 4.90 Å². The van der Waals surface area contributed by atoms with E-state index in [1.165, 1.54) is 25.2 Å². The Balaban J connectivity index is 1.98. The molecule has 6 nitrogen and oxygen atoms in total. The molecular formula is C29H32F3NO5. The van der Waals surface area contributed by atoms with Gasteiger partial charge in [0.15, 0.2) is 6.10 Å². The van der Waals surface area contributed by atoms with Crippen LogP contribution in [0.1, 0.15) is 43.4 Å². The summed E-state index contributed by atoms with van der Waals surface area (Å²) in [6.07, 6.45) is -1.77. The Bertz CT molecular complexity index is 1190. The molecule has 0 saturated carbocycles. The minimum Gasteiger partial charge on any atom is -0.481 e. The van der Waals surface area contributed by atoms with Crippen molar-refractivity contribution in [2.24, 2.45) is 0 Å². The smallest absolute Gasteiger partial charge is 0.416 e. The minimum atomic E-state index is -4.56. The van der Waals surface area contributed by atoms with E-state index in [4.69, 9.17) is 14.2 Å². The lowest BCUT2D eigenvalue weighted by atomic mass is 9.87. The van der Waals surface area contributed by atoms with Gasteiger partial charge >= 0.3 is 12.1 Å². The number of rotatable bonds is 10. The number of ether oxygens (including phenoxy) is 3. The molecule has 1 aliphatic rings. The summed E-state index contributed by atoms with van der Waals surface area (Å²) in [7, 11) is 2.81. The van der Waals surface area contributed by atoms with Gasteiger partial charge in [0.25, 0.3) is 5.91 Å². The summed E-state index contributed by atoms with van der Waals surface area (Å²) < 4.78 is 57.2. The molecule has 0 aromatic heterocycles. The number of benzene rings is 2. The predicted octanol–water partition coefficient (Wildman–Crippen LogP) is 5.81. The summed E-state index contributed by atoms with van der Waals surface area (Å²) >= 11 is 0. The van der Waals surface area contributed by atoms with E-state index in [1.54, 1.807) is 44.2 Å². The van der Waals surface area contributed by atoms with Gasteiger partial charge in [-0.25, -0.2) is 0 Å². The molecule has 38 heavy (non-hydrogen) atoms. The van der Waals surface area contributed by atoms with Crippen LogP contribution in [0.5, 0.6) is 5.75 Å². The standard InChI is InChI=1S/C29H32F3NO5/c1-5-33(28(35)19(2)38-23-9-7-6-8-10-23)18-21-17-22(29(30,31)32)12-13-24(21)25-15-20(16-27(34)37-4)11-14-26(25)36-3/h6-13,15,17,19,26H,5,14,16,18H2,1-4H3. The number of esters is 1. The number of amides is 1. The van der Waals surface area contributed by atoms with Crippen LogP contribution in [-0.2, 0) is 31.8 Å². The van der Waals surface area contributed by atoms with Crippen molar-refractivity contribution >= 4 is 17.4 Å². The van der Waals surface area contributed by atoms with Crippen molar-refractivity contribution in [2.75, 3.05) is 20.8 Å². The maximum Gasteiger partial charge on any atom is 0.416 e. The molecule has 1 amide bonds. The van der Waals surface area contributed by atoms with E-state index in [0.29, 0.717) is 34.4 Å². The van der Waals surface area contributed by atoms with Crippen LogP contribution in [-0.4, -0.2) is 49.7 Å². The van der Waals surface area contributed by atoms with E-state index in [9.17, 15) is 22.8 Å². The average molecular weight is 532 g/mol. The Kier molecular flexibility index (Phi) is 9.74. The van der Waals surface area contributed by atoms with Crippen molar-refractivity contribution in [3.05, 3.63) is 82.9 Å². The van der Waals surface area contributed by atoms with Crippen LogP contribution in [0.3, 0.4) is 0 Å². The average Bonchev–Trinajstić information content (AvgIpc) is 2.91. The molecule has 3 rings (SSSR count). The minimum absolute atomic E-state index is 0.0281. The van der Waals surface area contributed by atoms with Gasteiger partial charge in [0.2, 0.25) is 0 Å². The summed E-state index contributed by atoms with van der Waals surface area (Å²) in [4.78, 5) is 26.6. The Hall–Kier alpha value is -3.59. The number of allylic oxidation sites excluding steroid dienone is 1. The molecule has 0 N–H and O–H groups in total. The highest BCUT2D eigenvalue weighted by molar-refractivity contribution is 5.82. The Morgan fingerprint density at radius 2 is 1.82 bits per heavy atom. The highest BCUT2D eigenvalue weighted by Gasteiger charge is 2.33. The number of hydrogen-bond acceptors (Lipinski definition) is 5. The van der Waals surface area contributed by atoms with Gasteiger partial charge in [0, 0.05) is 20.2 Å². The van der Waals surface area contributed by atoms with E-state index in [0.717, 1.165) is 12.1 Å². The van der Waals surface area contributed by atoms with Crippen molar-refractivity contribution in [3.63, 3.8) is 0 Å². The Morgan fingerprint density at radius 3 is 2.42 bits per heavy atom. The first-order valence-electron chi connectivity index (χ1n) is 12.3. The lowest BCUT2D eigenvalue weighted by Crippen LogP contribution is -2.40. The second-order valence-electron chi connectivity index (χ2n) is 8.89. The number of para-hydroxylation sites is 1. The fraction of sp³-hybridized carbons (Fsp3) is 0.379. The predicted molar refractivity (Wildman–Crippen MR) is 137 cm³/mol. The maximum absolute atomic E-state index is 13.7. The molecule has 0 fully saturated rings. The third-order valence-corrected chi connectivity index (χ3v) is 6.34. The van der Waals surface area contributed by atoms with E-state index < -0.39 is 29.9 Å². The maximum atomic E-state index is 13.7. The van der Waals surface area contributed by atoms with Crippen LogP contribution in [0.2, 0.25) is 0 Å². The Morgan fingerprint density at radius 1 is 1.11 bits per heavy atom. The molecule has 204 valence electrons. The number of carbonyl (C=O) groups excluding carboxylic acids is 2. The summed E-state index contributed by atoms with van der Waals surface area (Å²) in [6, 6.07) is 12.3. The first-order chi connectivity index (χ1) is 18.1. The SMILES string of the molecule is CCN(Cc1cc(C(F)(F)F)ccc1C1=CC(CC(=O)OC)=CCC1OC)C(=O)C(C)Oc1ccccc1. The lowest BCUT2D eigenvalue weighted by Gasteiger charge is -2.29. The summed E-state index contributed by atoms with van der Waals surface area (Å²) in [6.45, 7) is 3.56. The normalized spacial score (nSPS) is 16.2. The van der Waals surface area contributed by atoms with Crippen LogP contribution in [0, 0.1) is 0 Å². The van der Waals surface area contributed by atoms with Crippen molar-refractivity contribution < 1.29 is 37.0 Å². The second-order valence-corrected chi connectivity index (χ2v) is 8.89. The number of carbonyl (C=O) groups is 2. The molecule has 0 heterocycles. The molecule has 1 aliphatic carbocycles. The molecule has 9 heteroatoms. The van der Waals surface area contributed by atoms with Gasteiger partial charge in [-0.05, 0) is 66.8 Å². The van der Waals surface area contributed by atoms with Crippen LogP contribution < -0.4 is 4.74 Å². The first kappa shape index (κ1) is 29.0. The molecule has 0 saturated heterocycles. The van der Waals surface area contributed by atoms with Crippen molar-refractivity contribution in [2.45, 2.75) is 51.6 Å². The molecule has 0 aliphatic heterocycles. The zero-order valence-corrected chi connectivity index (χ0v) is 21.9. The van der Waals surface area contributed by atoms with Gasteiger partial charge in [-0.1, -0.05) is 36.4 Å². The topological polar surface area (TPSA) is 65.1 Å². The molecule has 0 bridgehead atoms. The quantitative estimate of drug-likeness (QED) is 0.362. The number of hydrogen-bond donors (Lipinski definition) is 0. The monoisotopic (exact) mass is 531 g/mol. The highest BCUT2D eigenvalue weighted by atomic mass is 19.4. The molecule has 0 spiro atoms. The lowest BCUT2D eigenvalue weighted by molar-refractivity contribution is -0.140. The van der Waals surface area contributed by atoms with Crippen LogP contribution in [0.25, 0.3) is 5.57 Å². The van der Waals surface area contributed by atoms with Gasteiger partial charge in [0.1, 0.15) is 5.75 Å². The van der Waals surface area contributed by atoms with Gasteiger partial charge in [-0.2, -0.15) is 13.2 Å². The zero-order chi connectivity index (χ0) is 27.9. The van der Waals surface area contributed by atoms with Gasteiger partial charge in [-0.3, -0.25) is 9.59 Å². The van der Waals surface area contributed by atoms with Crippen molar-refractivity contribution in [3.8, 4) is 5.75 Å². The molecule has 2 aromatic rings. The second kappa shape index (κ2) is 12.8. The molecule has 2 aromatic carbocycles. The number of halogens is 3.